The van der Waals surface area contributed by atoms with E-state index in [4.69, 9.17) is 4.74 Å². The van der Waals surface area contributed by atoms with Gasteiger partial charge in [0.15, 0.2) is 5.82 Å². The molecule has 1 aromatic rings. The first kappa shape index (κ1) is 12.7. The van der Waals surface area contributed by atoms with Crippen molar-refractivity contribution in [3.05, 3.63) is 11.8 Å². The lowest BCUT2D eigenvalue weighted by molar-refractivity contribution is -0.124. The van der Waals surface area contributed by atoms with Crippen LogP contribution in [-0.4, -0.2) is 29.3 Å². The average molecular weight is 225 g/mol. The number of hydrogen-bond acceptors (Lipinski definition) is 3. The molecule has 16 heavy (non-hydrogen) atoms. The first-order valence-electron chi connectivity index (χ1n) is 5.24. The van der Waals surface area contributed by atoms with Crippen LogP contribution in [-0.2, 0) is 14.9 Å². The van der Waals surface area contributed by atoms with Crippen LogP contribution in [0, 0.1) is 0 Å². The maximum absolute atomic E-state index is 11.5. The second-order valence-electron chi connectivity index (χ2n) is 4.78. The van der Waals surface area contributed by atoms with E-state index in [2.05, 4.69) is 36.3 Å². The van der Waals surface area contributed by atoms with Crippen molar-refractivity contribution in [1.29, 1.82) is 0 Å². The average Bonchev–Trinajstić information content (AvgIpc) is 2.64. The van der Waals surface area contributed by atoms with Gasteiger partial charge in [-0.05, 0) is 6.92 Å². The summed E-state index contributed by atoms with van der Waals surface area (Å²) in [6, 6.07) is 1.83. The molecule has 0 aromatic carbocycles. The van der Waals surface area contributed by atoms with E-state index in [0.717, 1.165) is 5.69 Å². The molecule has 0 aliphatic heterocycles. The van der Waals surface area contributed by atoms with E-state index in [1.165, 1.54) is 7.11 Å². The number of rotatable bonds is 3. The lowest BCUT2D eigenvalue weighted by atomic mass is 9.92. The summed E-state index contributed by atoms with van der Waals surface area (Å²) in [4.78, 5) is 11.5. The largest absolute Gasteiger partial charge is 0.372 e. The van der Waals surface area contributed by atoms with Gasteiger partial charge in [0.1, 0.15) is 6.10 Å². The quantitative estimate of drug-likeness (QED) is 0.822. The SMILES string of the molecule is COC(C)C(=O)Nc1cc(C(C)(C)C)[nH]n1. The summed E-state index contributed by atoms with van der Waals surface area (Å²) in [6.07, 6.45) is -0.477. The lowest BCUT2D eigenvalue weighted by Crippen LogP contribution is -2.26. The van der Waals surface area contributed by atoms with Crippen molar-refractivity contribution in [1.82, 2.24) is 10.2 Å². The highest BCUT2D eigenvalue weighted by Gasteiger charge is 2.18. The zero-order valence-corrected chi connectivity index (χ0v) is 10.4. The molecule has 0 spiro atoms. The van der Waals surface area contributed by atoms with E-state index in [0.29, 0.717) is 5.82 Å². The maximum atomic E-state index is 11.5. The van der Waals surface area contributed by atoms with Gasteiger partial charge < -0.3 is 10.1 Å². The Morgan fingerprint density at radius 1 is 1.56 bits per heavy atom. The fourth-order valence-electron chi connectivity index (χ4n) is 1.10. The molecule has 0 radical (unpaired) electrons. The number of nitrogens with one attached hydrogen (secondary N) is 2. The van der Waals surface area contributed by atoms with Gasteiger partial charge in [-0.15, -0.1) is 0 Å². The highest BCUT2D eigenvalue weighted by Crippen LogP contribution is 2.21. The molecule has 0 saturated heterocycles. The number of amides is 1. The van der Waals surface area contributed by atoms with Crippen molar-refractivity contribution in [2.45, 2.75) is 39.2 Å². The third kappa shape index (κ3) is 3.06. The number of H-pyrrole nitrogens is 1. The van der Waals surface area contributed by atoms with Gasteiger partial charge in [0.05, 0.1) is 0 Å². The molecular formula is C11H19N3O2. The van der Waals surface area contributed by atoms with E-state index in [9.17, 15) is 4.79 Å². The molecule has 1 amide bonds. The zero-order valence-electron chi connectivity index (χ0n) is 10.4. The van der Waals surface area contributed by atoms with E-state index >= 15 is 0 Å². The van der Waals surface area contributed by atoms with Crippen LogP contribution in [0.15, 0.2) is 6.07 Å². The molecular weight excluding hydrogens is 206 g/mol. The number of aromatic amines is 1. The topological polar surface area (TPSA) is 67.0 Å². The minimum atomic E-state index is -0.477. The molecule has 1 heterocycles. The second kappa shape index (κ2) is 4.65. The van der Waals surface area contributed by atoms with E-state index in [1.54, 1.807) is 6.92 Å². The Hall–Kier alpha value is -1.36. The van der Waals surface area contributed by atoms with Gasteiger partial charge in [-0.2, -0.15) is 5.10 Å². The number of ether oxygens (including phenoxy) is 1. The predicted molar refractivity (Wildman–Crippen MR) is 62.4 cm³/mol. The van der Waals surface area contributed by atoms with Crippen LogP contribution >= 0.6 is 0 Å². The third-order valence-corrected chi connectivity index (χ3v) is 2.36. The number of carbonyl (C=O) groups is 1. The van der Waals surface area contributed by atoms with Crippen molar-refractivity contribution < 1.29 is 9.53 Å². The normalized spacial score (nSPS) is 13.6. The molecule has 0 fully saturated rings. The summed E-state index contributed by atoms with van der Waals surface area (Å²) in [5.41, 5.74) is 0.968. The number of nitrogens with zero attached hydrogens (tertiary/aromatic N) is 1. The van der Waals surface area contributed by atoms with Crippen LogP contribution in [0.2, 0.25) is 0 Å². The summed E-state index contributed by atoms with van der Waals surface area (Å²) < 4.78 is 4.91. The molecule has 0 aliphatic carbocycles. The van der Waals surface area contributed by atoms with Crippen LogP contribution in [0.4, 0.5) is 5.82 Å². The Balaban J connectivity index is 2.70. The second-order valence-corrected chi connectivity index (χ2v) is 4.78. The monoisotopic (exact) mass is 225 g/mol. The Morgan fingerprint density at radius 2 is 2.19 bits per heavy atom. The fourth-order valence-corrected chi connectivity index (χ4v) is 1.10. The number of anilines is 1. The van der Waals surface area contributed by atoms with Gasteiger partial charge in [0.25, 0.3) is 5.91 Å². The summed E-state index contributed by atoms with van der Waals surface area (Å²) in [5, 5.41) is 9.61. The molecule has 0 bridgehead atoms. The first-order chi connectivity index (χ1) is 7.34. The molecule has 1 aromatic heterocycles. The molecule has 0 aliphatic rings. The summed E-state index contributed by atoms with van der Waals surface area (Å²) in [5.74, 6) is 0.327. The minimum Gasteiger partial charge on any atom is -0.372 e. The number of hydrogen-bond donors (Lipinski definition) is 2. The molecule has 1 atom stereocenters. The Labute approximate surface area is 95.6 Å². The number of aromatic nitrogens is 2. The molecule has 1 rings (SSSR count). The molecule has 90 valence electrons. The molecule has 5 nitrogen and oxygen atoms in total. The van der Waals surface area contributed by atoms with Gasteiger partial charge in [-0.1, -0.05) is 20.8 Å². The van der Waals surface area contributed by atoms with Gasteiger partial charge in [0.2, 0.25) is 0 Å². The van der Waals surface area contributed by atoms with Crippen molar-refractivity contribution in [3.8, 4) is 0 Å². The molecule has 1 unspecified atom stereocenters. The van der Waals surface area contributed by atoms with Crippen LogP contribution in [0.1, 0.15) is 33.4 Å². The smallest absolute Gasteiger partial charge is 0.254 e. The van der Waals surface area contributed by atoms with E-state index in [-0.39, 0.29) is 11.3 Å². The van der Waals surface area contributed by atoms with Crippen LogP contribution in [0.5, 0.6) is 0 Å². The Bertz CT molecular complexity index is 366. The van der Waals surface area contributed by atoms with Gasteiger partial charge >= 0.3 is 0 Å². The zero-order chi connectivity index (χ0) is 12.3. The van der Waals surface area contributed by atoms with Gasteiger partial charge in [-0.3, -0.25) is 9.89 Å². The molecule has 0 saturated carbocycles. The van der Waals surface area contributed by atoms with Crippen LogP contribution < -0.4 is 5.32 Å². The number of carbonyl (C=O) groups excluding carboxylic acids is 1. The summed E-state index contributed by atoms with van der Waals surface area (Å²) >= 11 is 0. The molecule has 2 N–H and O–H groups in total. The van der Waals surface area contributed by atoms with Crippen LogP contribution in [0.25, 0.3) is 0 Å². The van der Waals surface area contributed by atoms with Crippen molar-refractivity contribution in [2.24, 2.45) is 0 Å². The van der Waals surface area contributed by atoms with Crippen molar-refractivity contribution >= 4 is 11.7 Å². The third-order valence-electron chi connectivity index (χ3n) is 2.36. The Morgan fingerprint density at radius 3 is 2.62 bits per heavy atom. The fraction of sp³-hybridized carbons (Fsp3) is 0.636. The Kier molecular flexibility index (Phi) is 3.70. The van der Waals surface area contributed by atoms with E-state index in [1.807, 2.05) is 6.07 Å². The highest BCUT2D eigenvalue weighted by molar-refractivity contribution is 5.93. The van der Waals surface area contributed by atoms with Crippen LogP contribution in [0.3, 0.4) is 0 Å². The molecule has 5 heteroatoms. The van der Waals surface area contributed by atoms with Crippen molar-refractivity contribution in [3.63, 3.8) is 0 Å². The summed E-state index contributed by atoms with van der Waals surface area (Å²) in [6.45, 7) is 7.91. The number of methoxy groups -OCH3 is 1. The van der Waals surface area contributed by atoms with Gasteiger partial charge in [0, 0.05) is 24.3 Å². The van der Waals surface area contributed by atoms with E-state index < -0.39 is 6.10 Å². The van der Waals surface area contributed by atoms with Gasteiger partial charge in [-0.25, -0.2) is 0 Å². The predicted octanol–water partition coefficient (Wildman–Crippen LogP) is 1.68. The van der Waals surface area contributed by atoms with Crippen molar-refractivity contribution in [2.75, 3.05) is 12.4 Å². The maximum Gasteiger partial charge on any atom is 0.254 e. The summed E-state index contributed by atoms with van der Waals surface area (Å²) in [7, 11) is 1.50. The highest BCUT2D eigenvalue weighted by atomic mass is 16.5. The minimum absolute atomic E-state index is 0.0111. The first-order valence-corrected chi connectivity index (χ1v) is 5.24. The standard InChI is InChI=1S/C11H19N3O2/c1-7(16-5)10(15)12-9-6-8(13-14-9)11(2,3)4/h6-7H,1-5H3,(H2,12,13,14,15). The lowest BCUT2D eigenvalue weighted by Gasteiger charge is -2.14.